The van der Waals surface area contributed by atoms with Crippen LogP contribution in [0.5, 0.6) is 11.5 Å². The topological polar surface area (TPSA) is 53.7 Å². The van der Waals surface area contributed by atoms with Gasteiger partial charge >= 0.3 is 0 Å². The minimum Gasteiger partial charge on any atom is -0.493 e. The van der Waals surface area contributed by atoms with Crippen LogP contribution in [0.15, 0.2) is 18.2 Å². The van der Waals surface area contributed by atoms with E-state index < -0.39 is 0 Å². The molecule has 4 heteroatoms. The fraction of sp³-hybridized carbons (Fsp3) is 0.667. The van der Waals surface area contributed by atoms with Gasteiger partial charge in [-0.25, -0.2) is 0 Å². The summed E-state index contributed by atoms with van der Waals surface area (Å²) >= 11 is 0. The highest BCUT2D eigenvalue weighted by molar-refractivity contribution is 5.50. The highest BCUT2D eigenvalue weighted by Crippen LogP contribution is 2.43. The van der Waals surface area contributed by atoms with E-state index in [-0.39, 0.29) is 11.6 Å². The highest BCUT2D eigenvalue weighted by atomic mass is 16.5. The Kier molecular flexibility index (Phi) is 4.89. The lowest BCUT2D eigenvalue weighted by atomic mass is 9.77. The van der Waals surface area contributed by atoms with E-state index in [1.807, 2.05) is 12.1 Å². The van der Waals surface area contributed by atoms with Crippen molar-refractivity contribution < 1.29 is 14.2 Å². The second-order valence-electron chi connectivity index (χ2n) is 6.48. The molecule has 4 nitrogen and oxygen atoms in total. The molecule has 2 fully saturated rings. The Morgan fingerprint density at radius 2 is 1.86 bits per heavy atom. The maximum atomic E-state index is 6.75. The molecule has 0 amide bonds. The normalized spacial score (nSPS) is 22.3. The van der Waals surface area contributed by atoms with Crippen molar-refractivity contribution in [3.05, 3.63) is 23.8 Å². The minimum atomic E-state index is -0.284. The van der Waals surface area contributed by atoms with E-state index in [4.69, 9.17) is 19.9 Å². The zero-order chi connectivity index (χ0) is 15.4. The molecule has 0 aromatic heterocycles. The molecule has 1 heterocycles. The lowest BCUT2D eigenvalue weighted by molar-refractivity contribution is 0.0234. The molecule has 0 atom stereocenters. The lowest BCUT2D eigenvalue weighted by Gasteiger charge is -2.36. The first-order valence-corrected chi connectivity index (χ1v) is 8.44. The largest absolute Gasteiger partial charge is 0.493 e. The third kappa shape index (κ3) is 3.23. The van der Waals surface area contributed by atoms with Crippen LogP contribution in [-0.2, 0) is 10.3 Å². The molecule has 1 aliphatic heterocycles. The predicted molar refractivity (Wildman–Crippen MR) is 86.4 cm³/mol. The van der Waals surface area contributed by atoms with E-state index in [2.05, 4.69) is 6.07 Å². The highest BCUT2D eigenvalue weighted by Gasteiger charge is 2.34. The molecular formula is C18H27NO3. The SMILES string of the molecule is COc1cccc(C2(N)CCCCC2)c1OC1CCOCC1. The maximum Gasteiger partial charge on any atom is 0.166 e. The van der Waals surface area contributed by atoms with E-state index in [0.29, 0.717) is 0 Å². The van der Waals surface area contributed by atoms with Gasteiger partial charge < -0.3 is 19.9 Å². The number of para-hydroxylation sites is 1. The summed E-state index contributed by atoms with van der Waals surface area (Å²) in [5, 5.41) is 0. The smallest absolute Gasteiger partial charge is 0.166 e. The number of methoxy groups -OCH3 is 1. The molecule has 1 aromatic carbocycles. The molecule has 1 saturated heterocycles. The van der Waals surface area contributed by atoms with Crippen molar-refractivity contribution in [1.82, 2.24) is 0 Å². The van der Waals surface area contributed by atoms with E-state index in [1.165, 1.54) is 19.3 Å². The van der Waals surface area contributed by atoms with Crippen LogP contribution in [0.3, 0.4) is 0 Å². The quantitative estimate of drug-likeness (QED) is 0.926. The molecule has 1 aliphatic carbocycles. The molecule has 0 unspecified atom stereocenters. The van der Waals surface area contributed by atoms with E-state index >= 15 is 0 Å². The molecule has 22 heavy (non-hydrogen) atoms. The van der Waals surface area contributed by atoms with Crippen LogP contribution in [0.2, 0.25) is 0 Å². The Bertz CT molecular complexity index is 491. The van der Waals surface area contributed by atoms with Gasteiger partial charge in [-0.05, 0) is 18.9 Å². The van der Waals surface area contributed by atoms with Crippen molar-refractivity contribution in [2.24, 2.45) is 5.73 Å². The van der Waals surface area contributed by atoms with Crippen LogP contribution in [0.1, 0.15) is 50.5 Å². The van der Waals surface area contributed by atoms with Crippen molar-refractivity contribution in [2.45, 2.75) is 56.6 Å². The predicted octanol–water partition coefficient (Wildman–Crippen LogP) is 3.37. The number of rotatable bonds is 4. The van der Waals surface area contributed by atoms with E-state index in [1.54, 1.807) is 7.11 Å². The van der Waals surface area contributed by atoms with Gasteiger partial charge in [-0.15, -0.1) is 0 Å². The molecule has 0 radical (unpaired) electrons. The van der Waals surface area contributed by atoms with E-state index in [0.717, 1.165) is 56.0 Å². The Morgan fingerprint density at radius 3 is 2.55 bits per heavy atom. The van der Waals surface area contributed by atoms with Gasteiger partial charge in [0.15, 0.2) is 11.5 Å². The number of ether oxygens (including phenoxy) is 3. The Balaban J connectivity index is 1.91. The van der Waals surface area contributed by atoms with Gasteiger partial charge in [0, 0.05) is 23.9 Å². The first-order chi connectivity index (χ1) is 10.7. The first-order valence-electron chi connectivity index (χ1n) is 8.44. The summed E-state index contributed by atoms with van der Waals surface area (Å²) < 4.78 is 17.3. The van der Waals surface area contributed by atoms with Gasteiger partial charge in [-0.2, -0.15) is 0 Å². The van der Waals surface area contributed by atoms with Crippen molar-refractivity contribution in [1.29, 1.82) is 0 Å². The lowest BCUT2D eigenvalue weighted by Crippen LogP contribution is -2.39. The van der Waals surface area contributed by atoms with Crippen molar-refractivity contribution in [2.75, 3.05) is 20.3 Å². The van der Waals surface area contributed by atoms with Crippen LogP contribution in [0.4, 0.5) is 0 Å². The second-order valence-corrected chi connectivity index (χ2v) is 6.48. The van der Waals surface area contributed by atoms with Gasteiger partial charge in [0.2, 0.25) is 0 Å². The standard InChI is InChI=1S/C18H27NO3/c1-20-16-7-5-6-15(18(19)10-3-2-4-11-18)17(16)22-14-8-12-21-13-9-14/h5-7,14H,2-4,8-13,19H2,1H3. The summed E-state index contributed by atoms with van der Waals surface area (Å²) in [6, 6.07) is 6.10. The molecule has 2 N–H and O–H groups in total. The molecule has 0 spiro atoms. The monoisotopic (exact) mass is 305 g/mol. The summed E-state index contributed by atoms with van der Waals surface area (Å²) in [6.07, 6.45) is 7.73. The summed E-state index contributed by atoms with van der Waals surface area (Å²) in [5.74, 6) is 1.64. The summed E-state index contributed by atoms with van der Waals surface area (Å²) in [5.41, 5.74) is 7.57. The Morgan fingerprint density at radius 1 is 1.14 bits per heavy atom. The van der Waals surface area contributed by atoms with Gasteiger partial charge in [0.25, 0.3) is 0 Å². The third-order valence-electron chi connectivity index (χ3n) is 4.93. The van der Waals surface area contributed by atoms with Gasteiger partial charge in [-0.1, -0.05) is 31.4 Å². The van der Waals surface area contributed by atoms with Gasteiger partial charge in [0.1, 0.15) is 6.10 Å². The van der Waals surface area contributed by atoms with Gasteiger partial charge in [0.05, 0.1) is 20.3 Å². The van der Waals surface area contributed by atoms with Crippen LogP contribution in [0.25, 0.3) is 0 Å². The Labute approximate surface area is 132 Å². The van der Waals surface area contributed by atoms with Crippen LogP contribution >= 0.6 is 0 Å². The average molecular weight is 305 g/mol. The second kappa shape index (κ2) is 6.88. The van der Waals surface area contributed by atoms with Crippen LogP contribution < -0.4 is 15.2 Å². The molecule has 1 aromatic rings. The molecular weight excluding hydrogens is 278 g/mol. The van der Waals surface area contributed by atoms with Crippen molar-refractivity contribution in [3.63, 3.8) is 0 Å². The van der Waals surface area contributed by atoms with Crippen molar-refractivity contribution in [3.8, 4) is 11.5 Å². The zero-order valence-corrected chi connectivity index (χ0v) is 13.5. The minimum absolute atomic E-state index is 0.191. The molecule has 122 valence electrons. The first kappa shape index (κ1) is 15.6. The number of nitrogens with two attached hydrogens (primary N) is 1. The fourth-order valence-electron chi connectivity index (χ4n) is 3.60. The average Bonchev–Trinajstić information content (AvgIpc) is 2.56. The fourth-order valence-corrected chi connectivity index (χ4v) is 3.60. The third-order valence-corrected chi connectivity index (χ3v) is 4.93. The Hall–Kier alpha value is -1.26. The van der Waals surface area contributed by atoms with Crippen LogP contribution in [0, 0.1) is 0 Å². The molecule has 2 aliphatic rings. The maximum absolute atomic E-state index is 6.75. The summed E-state index contributed by atoms with van der Waals surface area (Å²) in [6.45, 7) is 1.53. The van der Waals surface area contributed by atoms with Gasteiger partial charge in [-0.3, -0.25) is 0 Å². The summed E-state index contributed by atoms with van der Waals surface area (Å²) in [4.78, 5) is 0. The summed E-state index contributed by atoms with van der Waals surface area (Å²) in [7, 11) is 1.69. The molecule has 3 rings (SSSR count). The van der Waals surface area contributed by atoms with E-state index in [9.17, 15) is 0 Å². The molecule has 0 bridgehead atoms. The van der Waals surface area contributed by atoms with Crippen molar-refractivity contribution >= 4 is 0 Å². The number of benzene rings is 1. The van der Waals surface area contributed by atoms with Crippen LogP contribution in [-0.4, -0.2) is 26.4 Å². The number of hydrogen-bond acceptors (Lipinski definition) is 4. The zero-order valence-electron chi connectivity index (χ0n) is 13.5. The molecule has 1 saturated carbocycles. The number of hydrogen-bond donors (Lipinski definition) is 1.